The second-order valence-electron chi connectivity index (χ2n) is 5.07. The lowest BCUT2D eigenvalue weighted by molar-refractivity contribution is 0.0781. The zero-order valence-electron chi connectivity index (χ0n) is 10.1. The number of piperazine rings is 1. The summed E-state index contributed by atoms with van der Waals surface area (Å²) >= 11 is 0. The minimum atomic E-state index is 0.210. The summed E-state index contributed by atoms with van der Waals surface area (Å²) in [6, 6.07) is 4.43. The molecule has 0 spiro atoms. The molecule has 17 heavy (non-hydrogen) atoms. The number of ketones is 1. The Morgan fingerprint density at radius 1 is 1.41 bits per heavy atom. The Labute approximate surface area is 102 Å². The Bertz CT molecular complexity index is 387. The molecule has 1 aromatic heterocycles. The molecule has 0 amide bonds. The zero-order valence-corrected chi connectivity index (χ0v) is 10.1. The average molecular weight is 233 g/mol. The van der Waals surface area contributed by atoms with Gasteiger partial charge in [-0.05, 0) is 31.5 Å². The van der Waals surface area contributed by atoms with Gasteiger partial charge < -0.3 is 4.98 Å². The molecule has 0 aliphatic carbocycles. The van der Waals surface area contributed by atoms with Crippen molar-refractivity contribution in [2.24, 2.45) is 0 Å². The summed E-state index contributed by atoms with van der Waals surface area (Å²) in [6.07, 6.45) is 4.43. The number of aromatic amines is 1. The third kappa shape index (κ3) is 2.28. The van der Waals surface area contributed by atoms with Crippen molar-refractivity contribution < 1.29 is 4.79 Å². The minimum absolute atomic E-state index is 0.210. The van der Waals surface area contributed by atoms with Crippen molar-refractivity contribution in [3.8, 4) is 0 Å². The van der Waals surface area contributed by atoms with E-state index in [1.54, 1.807) is 0 Å². The molecule has 4 nitrogen and oxygen atoms in total. The fourth-order valence-electron chi connectivity index (χ4n) is 2.99. The van der Waals surface area contributed by atoms with E-state index < -0.39 is 0 Å². The second kappa shape index (κ2) is 4.63. The van der Waals surface area contributed by atoms with Crippen LogP contribution in [0.2, 0.25) is 0 Å². The highest BCUT2D eigenvalue weighted by atomic mass is 16.1. The number of nitrogens with one attached hydrogen (secondary N) is 1. The van der Waals surface area contributed by atoms with E-state index in [-0.39, 0.29) is 5.78 Å². The van der Waals surface area contributed by atoms with E-state index in [0.717, 1.165) is 25.3 Å². The lowest BCUT2D eigenvalue weighted by Gasteiger charge is -2.37. The standard InChI is InChI=1S/C13H19N3O/c17-13(12-4-1-5-14-12)10-15-7-8-16-6-2-3-11(16)9-15/h1,4-5,11,14H,2-3,6-10H2. The van der Waals surface area contributed by atoms with Crippen LogP contribution in [0.25, 0.3) is 0 Å². The highest BCUT2D eigenvalue weighted by Gasteiger charge is 2.31. The molecule has 0 radical (unpaired) electrons. The summed E-state index contributed by atoms with van der Waals surface area (Å²) < 4.78 is 0. The van der Waals surface area contributed by atoms with Gasteiger partial charge >= 0.3 is 0 Å². The van der Waals surface area contributed by atoms with Gasteiger partial charge in [-0.1, -0.05) is 0 Å². The number of fused-ring (bicyclic) bond motifs is 1. The van der Waals surface area contributed by atoms with Crippen LogP contribution in [-0.2, 0) is 0 Å². The number of hydrogen-bond acceptors (Lipinski definition) is 3. The first-order valence-corrected chi connectivity index (χ1v) is 6.46. The van der Waals surface area contributed by atoms with Gasteiger partial charge in [0.2, 0.25) is 0 Å². The smallest absolute Gasteiger partial charge is 0.192 e. The Morgan fingerprint density at radius 2 is 2.35 bits per heavy atom. The first-order chi connectivity index (χ1) is 8.33. The van der Waals surface area contributed by atoms with E-state index in [2.05, 4.69) is 14.8 Å². The lowest BCUT2D eigenvalue weighted by atomic mass is 10.1. The van der Waals surface area contributed by atoms with Gasteiger partial charge in [0.25, 0.3) is 0 Å². The molecule has 0 bridgehead atoms. The Balaban J connectivity index is 1.57. The van der Waals surface area contributed by atoms with Crippen molar-refractivity contribution in [2.45, 2.75) is 18.9 Å². The van der Waals surface area contributed by atoms with Crippen LogP contribution in [0.15, 0.2) is 18.3 Å². The maximum Gasteiger partial charge on any atom is 0.192 e. The lowest BCUT2D eigenvalue weighted by Crippen LogP contribution is -2.51. The summed E-state index contributed by atoms with van der Waals surface area (Å²) in [5.41, 5.74) is 0.735. The molecule has 1 N–H and O–H groups in total. The minimum Gasteiger partial charge on any atom is -0.359 e. The summed E-state index contributed by atoms with van der Waals surface area (Å²) in [6.45, 7) is 5.03. The van der Waals surface area contributed by atoms with Gasteiger partial charge in [0.15, 0.2) is 5.78 Å². The molecule has 3 heterocycles. The molecule has 2 fully saturated rings. The number of aromatic nitrogens is 1. The fourth-order valence-corrected chi connectivity index (χ4v) is 2.99. The molecule has 4 heteroatoms. The zero-order chi connectivity index (χ0) is 11.7. The quantitative estimate of drug-likeness (QED) is 0.791. The molecule has 0 aromatic carbocycles. The molecule has 1 unspecified atom stereocenters. The van der Waals surface area contributed by atoms with E-state index in [1.165, 1.54) is 19.4 Å². The average Bonchev–Trinajstić information content (AvgIpc) is 2.99. The Hall–Kier alpha value is -1.13. The van der Waals surface area contributed by atoms with Crippen LogP contribution < -0.4 is 0 Å². The molecule has 3 rings (SSSR count). The predicted octanol–water partition coefficient (Wildman–Crippen LogP) is 0.977. The van der Waals surface area contributed by atoms with Crippen LogP contribution in [-0.4, -0.2) is 59.3 Å². The maximum atomic E-state index is 12.0. The van der Waals surface area contributed by atoms with E-state index in [4.69, 9.17) is 0 Å². The topological polar surface area (TPSA) is 39.3 Å². The summed E-state index contributed by atoms with van der Waals surface area (Å²) in [5, 5.41) is 0. The molecular formula is C13H19N3O. The Morgan fingerprint density at radius 3 is 3.18 bits per heavy atom. The number of H-pyrrole nitrogens is 1. The van der Waals surface area contributed by atoms with Crippen LogP contribution in [0.4, 0.5) is 0 Å². The number of Topliss-reactive ketones (excluding diaryl/α,β-unsaturated/α-hetero) is 1. The maximum absolute atomic E-state index is 12.0. The van der Waals surface area contributed by atoms with Gasteiger partial charge in [-0.2, -0.15) is 0 Å². The van der Waals surface area contributed by atoms with Gasteiger partial charge in [0.05, 0.1) is 12.2 Å². The monoisotopic (exact) mass is 233 g/mol. The van der Waals surface area contributed by atoms with Crippen LogP contribution in [0.3, 0.4) is 0 Å². The van der Waals surface area contributed by atoms with Crippen molar-refractivity contribution in [1.82, 2.24) is 14.8 Å². The van der Waals surface area contributed by atoms with Crippen molar-refractivity contribution in [1.29, 1.82) is 0 Å². The number of hydrogen-bond donors (Lipinski definition) is 1. The van der Waals surface area contributed by atoms with E-state index >= 15 is 0 Å². The predicted molar refractivity (Wildman–Crippen MR) is 66.2 cm³/mol. The number of rotatable bonds is 3. The molecule has 2 saturated heterocycles. The summed E-state index contributed by atoms with van der Waals surface area (Å²) in [5.74, 6) is 0.210. The van der Waals surface area contributed by atoms with Gasteiger partial charge in [-0.25, -0.2) is 0 Å². The van der Waals surface area contributed by atoms with Crippen molar-refractivity contribution >= 4 is 5.78 Å². The molecular weight excluding hydrogens is 214 g/mol. The van der Waals surface area contributed by atoms with Gasteiger partial charge in [-0.15, -0.1) is 0 Å². The highest BCUT2D eigenvalue weighted by Crippen LogP contribution is 2.21. The summed E-state index contributed by atoms with van der Waals surface area (Å²) in [4.78, 5) is 19.8. The van der Waals surface area contributed by atoms with Crippen LogP contribution in [0.1, 0.15) is 23.3 Å². The van der Waals surface area contributed by atoms with Crippen molar-refractivity contribution in [3.05, 3.63) is 24.0 Å². The first kappa shape index (κ1) is 11.0. The summed E-state index contributed by atoms with van der Waals surface area (Å²) in [7, 11) is 0. The SMILES string of the molecule is O=C(CN1CCN2CCCC2C1)c1ccc[nH]1. The first-order valence-electron chi connectivity index (χ1n) is 6.46. The van der Waals surface area contributed by atoms with Crippen LogP contribution in [0, 0.1) is 0 Å². The largest absolute Gasteiger partial charge is 0.359 e. The van der Waals surface area contributed by atoms with Crippen LogP contribution >= 0.6 is 0 Å². The third-order valence-electron chi connectivity index (χ3n) is 3.94. The number of carbonyl (C=O) groups excluding carboxylic acids is 1. The number of nitrogens with zero attached hydrogens (tertiary/aromatic N) is 2. The third-order valence-corrected chi connectivity index (χ3v) is 3.94. The van der Waals surface area contributed by atoms with Gasteiger partial charge in [0, 0.05) is 31.9 Å². The van der Waals surface area contributed by atoms with Crippen molar-refractivity contribution in [3.63, 3.8) is 0 Å². The molecule has 1 aromatic rings. The molecule has 2 aliphatic rings. The molecule has 2 aliphatic heterocycles. The van der Waals surface area contributed by atoms with Crippen LogP contribution in [0.5, 0.6) is 0 Å². The highest BCUT2D eigenvalue weighted by molar-refractivity contribution is 5.95. The normalized spacial score (nSPS) is 26.0. The van der Waals surface area contributed by atoms with Gasteiger partial charge in [0.1, 0.15) is 0 Å². The van der Waals surface area contributed by atoms with E-state index in [1.807, 2.05) is 18.3 Å². The molecule has 1 atom stereocenters. The van der Waals surface area contributed by atoms with E-state index in [0.29, 0.717) is 12.6 Å². The number of carbonyl (C=O) groups is 1. The second-order valence-corrected chi connectivity index (χ2v) is 5.07. The molecule has 0 saturated carbocycles. The van der Waals surface area contributed by atoms with Crippen molar-refractivity contribution in [2.75, 3.05) is 32.7 Å². The fraction of sp³-hybridized carbons (Fsp3) is 0.615. The Kier molecular flexibility index (Phi) is 2.99. The van der Waals surface area contributed by atoms with Gasteiger partial charge in [-0.3, -0.25) is 14.6 Å². The molecule has 92 valence electrons. The van der Waals surface area contributed by atoms with E-state index in [9.17, 15) is 4.79 Å².